The molecule has 2 aromatic rings. The highest BCUT2D eigenvalue weighted by Gasteiger charge is 2.02. The van der Waals surface area contributed by atoms with Gasteiger partial charge < -0.3 is 5.32 Å². The number of hydrogen-bond donors (Lipinski definition) is 2. The molecule has 0 aromatic heterocycles. The van der Waals surface area contributed by atoms with Crippen molar-refractivity contribution in [2.24, 2.45) is 5.10 Å². The second-order valence-electron chi connectivity index (χ2n) is 5.70. The molecule has 1 amide bonds. The van der Waals surface area contributed by atoms with E-state index in [1.807, 2.05) is 75.4 Å². The summed E-state index contributed by atoms with van der Waals surface area (Å²) >= 11 is 0. The van der Waals surface area contributed by atoms with Crippen molar-refractivity contribution in [1.29, 1.82) is 0 Å². The first-order valence-electron chi connectivity index (χ1n) is 7.92. The van der Waals surface area contributed by atoms with Crippen LogP contribution in [0.2, 0.25) is 0 Å². The first kappa shape index (κ1) is 17.5. The number of nitrogens with zero attached hydrogens (tertiary/aromatic N) is 1. The van der Waals surface area contributed by atoms with Crippen molar-refractivity contribution in [3.05, 3.63) is 71.3 Å². The highest BCUT2D eigenvalue weighted by Crippen LogP contribution is 2.15. The highest BCUT2D eigenvalue weighted by molar-refractivity contribution is 5.97. The minimum absolute atomic E-state index is 0.178. The monoisotopic (exact) mass is 321 g/mol. The quantitative estimate of drug-likeness (QED) is 0.626. The molecule has 4 nitrogen and oxygen atoms in total. The lowest BCUT2D eigenvalue weighted by Crippen LogP contribution is -2.26. The van der Waals surface area contributed by atoms with Gasteiger partial charge in [0.2, 0.25) is 0 Å². The Bertz CT molecular complexity index is 749. The number of hydrogen-bond acceptors (Lipinski definition) is 3. The van der Waals surface area contributed by atoms with Gasteiger partial charge in [0.1, 0.15) is 0 Å². The molecule has 0 aliphatic heterocycles. The van der Waals surface area contributed by atoms with Crippen molar-refractivity contribution in [1.82, 2.24) is 5.43 Å². The molecule has 0 spiro atoms. The van der Waals surface area contributed by atoms with Gasteiger partial charge in [-0.15, -0.1) is 0 Å². The fourth-order valence-electron chi connectivity index (χ4n) is 2.20. The number of hydrazone groups is 1. The van der Waals surface area contributed by atoms with E-state index in [-0.39, 0.29) is 12.5 Å². The summed E-state index contributed by atoms with van der Waals surface area (Å²) < 4.78 is 0. The lowest BCUT2D eigenvalue weighted by molar-refractivity contribution is -0.119. The Kier molecular flexibility index (Phi) is 6.32. The Balaban J connectivity index is 1.82. The van der Waals surface area contributed by atoms with Crippen LogP contribution in [0.15, 0.2) is 59.7 Å². The number of carbonyl (C=O) groups excluding carboxylic acids is 1. The van der Waals surface area contributed by atoms with Crippen LogP contribution >= 0.6 is 0 Å². The van der Waals surface area contributed by atoms with Gasteiger partial charge in [0.15, 0.2) is 0 Å². The molecule has 0 aliphatic carbocycles. The molecule has 2 N–H and O–H groups in total. The molecule has 0 saturated heterocycles. The molecule has 0 radical (unpaired) electrons. The van der Waals surface area contributed by atoms with Crippen molar-refractivity contribution in [3.8, 4) is 0 Å². The molecule has 24 heavy (non-hydrogen) atoms. The average Bonchev–Trinajstić information content (AvgIpc) is 2.58. The van der Waals surface area contributed by atoms with Gasteiger partial charge in [-0.25, -0.2) is 5.43 Å². The van der Waals surface area contributed by atoms with E-state index >= 15 is 0 Å². The summed E-state index contributed by atoms with van der Waals surface area (Å²) in [7, 11) is 0. The SMILES string of the molecule is CC(C=Cc1ccccc1)=NNC(=O)CNc1ccc(C)cc1C. The van der Waals surface area contributed by atoms with Crippen molar-refractivity contribution in [3.63, 3.8) is 0 Å². The fourth-order valence-corrected chi connectivity index (χ4v) is 2.20. The zero-order chi connectivity index (χ0) is 17.4. The number of allylic oxidation sites excluding steroid dienone is 1. The minimum Gasteiger partial charge on any atom is -0.376 e. The number of benzene rings is 2. The maximum absolute atomic E-state index is 11.9. The van der Waals surface area contributed by atoms with E-state index in [4.69, 9.17) is 0 Å². The van der Waals surface area contributed by atoms with Crippen LogP contribution in [0.1, 0.15) is 23.6 Å². The van der Waals surface area contributed by atoms with Gasteiger partial charge in [0.25, 0.3) is 5.91 Å². The Morgan fingerprint density at radius 2 is 1.88 bits per heavy atom. The zero-order valence-electron chi connectivity index (χ0n) is 14.3. The van der Waals surface area contributed by atoms with Crippen LogP contribution in [0.4, 0.5) is 5.69 Å². The second-order valence-corrected chi connectivity index (χ2v) is 5.70. The molecule has 0 heterocycles. The van der Waals surface area contributed by atoms with Crippen LogP contribution in [-0.4, -0.2) is 18.2 Å². The van der Waals surface area contributed by atoms with Gasteiger partial charge in [-0.1, -0.05) is 54.1 Å². The Labute approximate surface area is 143 Å². The number of aryl methyl sites for hydroxylation is 2. The lowest BCUT2D eigenvalue weighted by Gasteiger charge is -2.09. The Hall–Kier alpha value is -2.88. The summed E-state index contributed by atoms with van der Waals surface area (Å²) in [6.07, 6.45) is 3.83. The van der Waals surface area contributed by atoms with Gasteiger partial charge in [0, 0.05) is 5.69 Å². The van der Waals surface area contributed by atoms with E-state index in [0.717, 1.165) is 22.5 Å². The normalized spacial score (nSPS) is 11.5. The zero-order valence-corrected chi connectivity index (χ0v) is 14.3. The van der Waals surface area contributed by atoms with E-state index in [0.29, 0.717) is 0 Å². The van der Waals surface area contributed by atoms with Gasteiger partial charge in [-0.2, -0.15) is 5.10 Å². The van der Waals surface area contributed by atoms with E-state index in [9.17, 15) is 4.79 Å². The molecule has 0 aliphatic rings. The first-order chi connectivity index (χ1) is 11.5. The van der Waals surface area contributed by atoms with Crippen LogP contribution in [0.25, 0.3) is 6.08 Å². The average molecular weight is 321 g/mol. The molecule has 0 atom stereocenters. The maximum atomic E-state index is 11.9. The topological polar surface area (TPSA) is 53.5 Å². The molecule has 0 bridgehead atoms. The smallest absolute Gasteiger partial charge is 0.259 e. The number of nitrogens with one attached hydrogen (secondary N) is 2. The number of carbonyl (C=O) groups is 1. The Morgan fingerprint density at radius 3 is 2.58 bits per heavy atom. The van der Waals surface area contributed by atoms with Crippen LogP contribution in [0.3, 0.4) is 0 Å². The number of anilines is 1. The summed E-state index contributed by atoms with van der Waals surface area (Å²) in [5.41, 5.74) is 7.66. The van der Waals surface area contributed by atoms with Crippen molar-refractivity contribution < 1.29 is 4.79 Å². The summed E-state index contributed by atoms with van der Waals surface area (Å²) in [4.78, 5) is 11.9. The molecule has 4 heteroatoms. The van der Waals surface area contributed by atoms with E-state index in [1.165, 1.54) is 5.56 Å². The molecule has 2 aromatic carbocycles. The van der Waals surface area contributed by atoms with Crippen LogP contribution in [0.5, 0.6) is 0 Å². The summed E-state index contributed by atoms with van der Waals surface area (Å²) in [5.74, 6) is -0.178. The molecule has 124 valence electrons. The van der Waals surface area contributed by atoms with E-state index in [2.05, 4.69) is 21.9 Å². The standard InChI is InChI=1S/C20H23N3O/c1-15-9-12-19(16(2)13-15)21-14-20(24)23-22-17(3)10-11-18-7-5-4-6-8-18/h4-13,21H,14H2,1-3H3,(H,23,24). The Morgan fingerprint density at radius 1 is 1.12 bits per heavy atom. The molecule has 0 saturated carbocycles. The van der Waals surface area contributed by atoms with Gasteiger partial charge in [-0.05, 0) is 44.0 Å². The third kappa shape index (κ3) is 5.72. The molecule has 2 rings (SSSR count). The van der Waals surface area contributed by atoms with Crippen molar-refractivity contribution in [2.45, 2.75) is 20.8 Å². The van der Waals surface area contributed by atoms with Crippen molar-refractivity contribution in [2.75, 3.05) is 11.9 Å². The lowest BCUT2D eigenvalue weighted by atomic mass is 10.1. The van der Waals surface area contributed by atoms with Gasteiger partial charge >= 0.3 is 0 Å². The molecular formula is C20H23N3O. The van der Waals surface area contributed by atoms with E-state index in [1.54, 1.807) is 0 Å². The largest absolute Gasteiger partial charge is 0.376 e. The van der Waals surface area contributed by atoms with E-state index < -0.39 is 0 Å². The summed E-state index contributed by atoms with van der Waals surface area (Å²) in [6.45, 7) is 6.09. The van der Waals surface area contributed by atoms with Crippen LogP contribution in [-0.2, 0) is 4.79 Å². The third-order valence-electron chi connectivity index (χ3n) is 3.49. The van der Waals surface area contributed by atoms with Crippen LogP contribution < -0.4 is 10.7 Å². The first-order valence-corrected chi connectivity index (χ1v) is 7.92. The number of rotatable bonds is 6. The number of amides is 1. The summed E-state index contributed by atoms with van der Waals surface area (Å²) in [5, 5.41) is 7.20. The predicted octanol–water partition coefficient (Wildman–Crippen LogP) is 3.92. The van der Waals surface area contributed by atoms with Gasteiger partial charge in [-0.3, -0.25) is 4.79 Å². The predicted molar refractivity (Wildman–Crippen MR) is 101 cm³/mol. The molecule has 0 unspecified atom stereocenters. The molecular weight excluding hydrogens is 298 g/mol. The molecule has 0 fully saturated rings. The van der Waals surface area contributed by atoms with Crippen molar-refractivity contribution >= 4 is 23.4 Å². The highest BCUT2D eigenvalue weighted by atomic mass is 16.2. The fraction of sp³-hybridized carbons (Fsp3) is 0.200. The maximum Gasteiger partial charge on any atom is 0.259 e. The van der Waals surface area contributed by atoms with Crippen LogP contribution in [0, 0.1) is 13.8 Å². The van der Waals surface area contributed by atoms with Gasteiger partial charge in [0.05, 0.1) is 12.3 Å². The minimum atomic E-state index is -0.178. The second kappa shape index (κ2) is 8.67. The summed E-state index contributed by atoms with van der Waals surface area (Å²) in [6, 6.07) is 16.0. The third-order valence-corrected chi connectivity index (χ3v) is 3.49.